The zero-order chi connectivity index (χ0) is 15.1. The molecule has 0 radical (unpaired) electrons. The molecule has 0 bridgehead atoms. The number of benzene rings is 2. The van der Waals surface area contributed by atoms with Crippen LogP contribution in [0.5, 0.6) is 11.5 Å². The summed E-state index contributed by atoms with van der Waals surface area (Å²) in [7, 11) is 0. The molecule has 1 N–H and O–H groups in total. The third-order valence-corrected chi connectivity index (χ3v) is 4.55. The zero-order valence-corrected chi connectivity index (χ0v) is 13.4. The van der Waals surface area contributed by atoms with E-state index in [1.165, 1.54) is 0 Å². The van der Waals surface area contributed by atoms with Crippen LogP contribution < -0.4 is 14.8 Å². The van der Waals surface area contributed by atoms with Gasteiger partial charge in [0, 0.05) is 28.6 Å². The van der Waals surface area contributed by atoms with Gasteiger partial charge in [-0.25, -0.2) is 0 Å². The molecule has 22 heavy (non-hydrogen) atoms. The molecule has 0 saturated carbocycles. The Hall–Kier alpha value is -2.01. The predicted molar refractivity (Wildman–Crippen MR) is 86.7 cm³/mol. The number of halogens is 1. The summed E-state index contributed by atoms with van der Waals surface area (Å²) in [6.45, 7) is 1.09. The van der Waals surface area contributed by atoms with E-state index in [4.69, 9.17) is 9.47 Å². The van der Waals surface area contributed by atoms with E-state index in [0.717, 1.165) is 27.0 Å². The molecule has 2 aliphatic heterocycles. The molecule has 2 aliphatic rings. The lowest BCUT2D eigenvalue weighted by Gasteiger charge is -2.29. The number of nitrogens with one attached hydrogen (secondary N) is 1. The Kier molecular flexibility index (Phi) is 3.30. The molecular formula is C17H14BrNO3. The van der Waals surface area contributed by atoms with Crippen LogP contribution in [0, 0.1) is 0 Å². The van der Waals surface area contributed by atoms with Gasteiger partial charge in [-0.2, -0.15) is 0 Å². The fourth-order valence-electron chi connectivity index (χ4n) is 2.99. The zero-order valence-electron chi connectivity index (χ0n) is 11.8. The van der Waals surface area contributed by atoms with Gasteiger partial charge in [0.25, 0.3) is 0 Å². The number of fused-ring (bicyclic) bond motifs is 2. The summed E-state index contributed by atoms with van der Waals surface area (Å²) in [6, 6.07) is 12.0. The van der Waals surface area contributed by atoms with Crippen LogP contribution in [0.25, 0.3) is 0 Å². The molecule has 2 heterocycles. The Labute approximate surface area is 136 Å². The standard InChI is InChI=1S/C17H14BrNO3/c18-11-3-1-10(2-4-11)12-8-17(20)19-14-9-16-15(7-13(12)14)21-5-6-22-16/h1-4,7,9,12H,5-6,8H2,(H,19,20)/t12-/m1/s1. The maximum absolute atomic E-state index is 12.1. The van der Waals surface area contributed by atoms with Gasteiger partial charge in [-0.3, -0.25) is 4.79 Å². The van der Waals surface area contributed by atoms with Crippen LogP contribution in [0.2, 0.25) is 0 Å². The second-order valence-corrected chi connectivity index (χ2v) is 6.36. The number of ether oxygens (including phenoxy) is 2. The summed E-state index contributed by atoms with van der Waals surface area (Å²) >= 11 is 3.45. The number of anilines is 1. The molecule has 2 aromatic carbocycles. The minimum atomic E-state index is 0.0251. The van der Waals surface area contributed by atoms with Gasteiger partial charge in [0.05, 0.1) is 0 Å². The molecule has 5 heteroatoms. The summed E-state index contributed by atoms with van der Waals surface area (Å²) in [5, 5.41) is 2.94. The first kappa shape index (κ1) is 13.6. The van der Waals surface area contributed by atoms with E-state index in [2.05, 4.69) is 21.2 Å². The summed E-state index contributed by atoms with van der Waals surface area (Å²) in [4.78, 5) is 12.1. The Bertz CT molecular complexity index is 742. The first-order chi connectivity index (χ1) is 10.7. The van der Waals surface area contributed by atoms with Crippen LogP contribution in [0.3, 0.4) is 0 Å². The largest absolute Gasteiger partial charge is 0.486 e. The van der Waals surface area contributed by atoms with Gasteiger partial charge in [-0.05, 0) is 29.3 Å². The number of carbonyl (C=O) groups excluding carboxylic acids is 1. The molecule has 4 nitrogen and oxygen atoms in total. The van der Waals surface area contributed by atoms with Crippen molar-refractivity contribution in [3.05, 3.63) is 52.0 Å². The lowest BCUT2D eigenvalue weighted by molar-refractivity contribution is -0.116. The molecule has 0 aromatic heterocycles. The number of hydrogen-bond acceptors (Lipinski definition) is 3. The molecule has 0 fully saturated rings. The SMILES string of the molecule is O=C1C[C@H](c2ccc(Br)cc2)c2cc3c(cc2N1)OCCO3. The second-order valence-electron chi connectivity index (χ2n) is 5.44. The normalized spacial score (nSPS) is 19.3. The van der Waals surface area contributed by atoms with Crippen LogP contribution in [0.1, 0.15) is 23.5 Å². The number of amides is 1. The highest BCUT2D eigenvalue weighted by Gasteiger charge is 2.29. The highest BCUT2D eigenvalue weighted by molar-refractivity contribution is 9.10. The second kappa shape index (κ2) is 5.32. The summed E-state index contributed by atoms with van der Waals surface area (Å²) in [6.07, 6.45) is 0.439. The first-order valence-corrected chi connectivity index (χ1v) is 7.99. The van der Waals surface area contributed by atoms with Gasteiger partial charge in [0.2, 0.25) is 5.91 Å². The van der Waals surface area contributed by atoms with Crippen LogP contribution in [-0.4, -0.2) is 19.1 Å². The van der Waals surface area contributed by atoms with E-state index < -0.39 is 0 Å². The predicted octanol–water partition coefficient (Wildman–Crippen LogP) is 3.69. The summed E-state index contributed by atoms with van der Waals surface area (Å²) in [5.41, 5.74) is 3.01. The fourth-order valence-corrected chi connectivity index (χ4v) is 3.25. The van der Waals surface area contributed by atoms with Gasteiger partial charge in [0.1, 0.15) is 13.2 Å². The van der Waals surface area contributed by atoms with Crippen LogP contribution in [0.15, 0.2) is 40.9 Å². The van der Waals surface area contributed by atoms with E-state index in [9.17, 15) is 4.79 Å². The number of hydrogen-bond donors (Lipinski definition) is 1. The van der Waals surface area contributed by atoms with E-state index >= 15 is 0 Å². The first-order valence-electron chi connectivity index (χ1n) is 7.19. The smallest absolute Gasteiger partial charge is 0.225 e. The molecule has 1 atom stereocenters. The summed E-state index contributed by atoms with van der Waals surface area (Å²) in [5.74, 6) is 1.51. The average Bonchev–Trinajstić information content (AvgIpc) is 2.53. The van der Waals surface area contributed by atoms with Crippen molar-refractivity contribution < 1.29 is 14.3 Å². The van der Waals surface area contributed by atoms with Crippen molar-refractivity contribution >= 4 is 27.5 Å². The molecule has 0 spiro atoms. The Morgan fingerprint density at radius 2 is 1.73 bits per heavy atom. The van der Waals surface area contributed by atoms with Gasteiger partial charge in [-0.15, -0.1) is 0 Å². The lowest BCUT2D eigenvalue weighted by Crippen LogP contribution is -2.24. The Morgan fingerprint density at radius 3 is 2.45 bits per heavy atom. The monoisotopic (exact) mass is 359 g/mol. The highest BCUT2D eigenvalue weighted by Crippen LogP contribution is 2.44. The van der Waals surface area contributed by atoms with Crippen molar-refractivity contribution in [2.24, 2.45) is 0 Å². The van der Waals surface area contributed by atoms with Crippen LogP contribution >= 0.6 is 15.9 Å². The molecule has 4 rings (SSSR count). The van der Waals surface area contributed by atoms with Gasteiger partial charge in [-0.1, -0.05) is 28.1 Å². The van der Waals surface area contributed by atoms with Crippen molar-refractivity contribution in [1.82, 2.24) is 0 Å². The van der Waals surface area contributed by atoms with E-state index in [1.54, 1.807) is 0 Å². The molecule has 0 unspecified atom stereocenters. The molecule has 1 amide bonds. The maximum atomic E-state index is 12.1. The fraction of sp³-hybridized carbons (Fsp3) is 0.235. The quantitative estimate of drug-likeness (QED) is 0.844. The molecule has 0 saturated heterocycles. The van der Waals surface area contributed by atoms with Crippen molar-refractivity contribution in [3.8, 4) is 11.5 Å². The van der Waals surface area contributed by atoms with Crippen molar-refractivity contribution in [2.45, 2.75) is 12.3 Å². The minimum Gasteiger partial charge on any atom is -0.486 e. The molecule has 112 valence electrons. The maximum Gasteiger partial charge on any atom is 0.225 e. The van der Waals surface area contributed by atoms with Gasteiger partial charge in [0.15, 0.2) is 11.5 Å². The number of rotatable bonds is 1. The highest BCUT2D eigenvalue weighted by atomic mass is 79.9. The Morgan fingerprint density at radius 1 is 1.05 bits per heavy atom. The lowest BCUT2D eigenvalue weighted by atomic mass is 9.84. The molecule has 2 aromatic rings. The molecule has 0 aliphatic carbocycles. The van der Waals surface area contributed by atoms with Crippen molar-refractivity contribution in [1.29, 1.82) is 0 Å². The minimum absolute atomic E-state index is 0.0251. The van der Waals surface area contributed by atoms with E-state index in [1.807, 2.05) is 36.4 Å². The van der Waals surface area contributed by atoms with Crippen molar-refractivity contribution in [2.75, 3.05) is 18.5 Å². The van der Waals surface area contributed by atoms with Crippen LogP contribution in [-0.2, 0) is 4.79 Å². The van der Waals surface area contributed by atoms with Gasteiger partial charge < -0.3 is 14.8 Å². The summed E-state index contributed by atoms with van der Waals surface area (Å²) < 4.78 is 12.3. The number of carbonyl (C=O) groups is 1. The average molecular weight is 360 g/mol. The van der Waals surface area contributed by atoms with E-state index in [0.29, 0.717) is 25.4 Å². The third kappa shape index (κ3) is 2.35. The van der Waals surface area contributed by atoms with Crippen molar-refractivity contribution in [3.63, 3.8) is 0 Å². The molecular weight excluding hydrogens is 346 g/mol. The van der Waals surface area contributed by atoms with Gasteiger partial charge >= 0.3 is 0 Å². The van der Waals surface area contributed by atoms with E-state index in [-0.39, 0.29) is 11.8 Å². The third-order valence-electron chi connectivity index (χ3n) is 4.03. The van der Waals surface area contributed by atoms with Crippen LogP contribution in [0.4, 0.5) is 5.69 Å². The Balaban J connectivity index is 1.82. The topological polar surface area (TPSA) is 47.6 Å².